The monoisotopic (exact) mass is 407 g/mol. The molecular weight excluding hydrogens is 382 g/mol. The summed E-state index contributed by atoms with van der Waals surface area (Å²) in [6.07, 6.45) is 0. The summed E-state index contributed by atoms with van der Waals surface area (Å²) >= 11 is 0. The second-order valence-corrected chi connectivity index (χ2v) is 9.62. The Morgan fingerprint density at radius 2 is 1.29 bits per heavy atom. The van der Waals surface area contributed by atoms with Crippen LogP contribution in [0.25, 0.3) is 0 Å². The lowest BCUT2D eigenvalue weighted by molar-refractivity contribution is -0.123. The van der Waals surface area contributed by atoms with Crippen molar-refractivity contribution in [1.82, 2.24) is 0 Å². The lowest BCUT2D eigenvalue weighted by Gasteiger charge is -2.52. The van der Waals surface area contributed by atoms with Crippen LogP contribution in [0.3, 0.4) is 0 Å². The van der Waals surface area contributed by atoms with Crippen LogP contribution < -0.4 is 4.90 Å². The summed E-state index contributed by atoms with van der Waals surface area (Å²) in [6, 6.07) is 20.9. The summed E-state index contributed by atoms with van der Waals surface area (Å²) in [4.78, 5) is 29.6. The van der Waals surface area contributed by atoms with Crippen molar-refractivity contribution in [2.24, 2.45) is 11.8 Å². The molecule has 0 saturated carbocycles. The number of aryl methyl sites for hydroxylation is 3. The smallest absolute Gasteiger partial charge is 0.238 e. The topological polar surface area (TPSA) is 37.4 Å². The predicted molar refractivity (Wildman–Crippen MR) is 121 cm³/mol. The Morgan fingerprint density at radius 1 is 0.774 bits per heavy atom. The highest BCUT2D eigenvalue weighted by molar-refractivity contribution is 6.24. The standard InChI is InChI=1S/C28H25NO2/c1-15-13-16(2)25(17(3)14-15)29-26(30)23-22-18-9-5-7-11-20(18)28(4,24(23)27(29)31)21-12-8-6-10-19(21)22/h5-14,22-24H,1-4H3/t22?,23-,24-,28?/m0/s1. The number of carbonyl (C=O) groups excluding carboxylic acids is 2. The molecule has 3 heteroatoms. The molecule has 0 N–H and O–H groups in total. The molecule has 3 aromatic carbocycles. The van der Waals surface area contributed by atoms with E-state index in [9.17, 15) is 9.59 Å². The maximum Gasteiger partial charge on any atom is 0.238 e. The van der Waals surface area contributed by atoms with Gasteiger partial charge in [-0.2, -0.15) is 0 Å². The summed E-state index contributed by atoms with van der Waals surface area (Å²) < 4.78 is 0. The zero-order chi connectivity index (χ0) is 21.7. The Balaban J connectivity index is 1.62. The average Bonchev–Trinajstić information content (AvgIpc) is 3.00. The largest absolute Gasteiger partial charge is 0.274 e. The first-order valence-corrected chi connectivity index (χ1v) is 11.0. The molecule has 0 radical (unpaired) electrons. The number of hydrogen-bond acceptors (Lipinski definition) is 2. The minimum Gasteiger partial charge on any atom is -0.274 e. The first-order valence-electron chi connectivity index (χ1n) is 11.0. The molecule has 0 unspecified atom stereocenters. The third-order valence-electron chi connectivity index (χ3n) is 7.90. The maximum atomic E-state index is 14.1. The fourth-order valence-corrected chi connectivity index (χ4v) is 6.90. The van der Waals surface area contributed by atoms with Crippen LogP contribution in [0.2, 0.25) is 0 Å². The molecule has 7 rings (SSSR count). The molecule has 3 nitrogen and oxygen atoms in total. The Bertz CT molecular complexity index is 1230. The van der Waals surface area contributed by atoms with Crippen LogP contribution in [0.15, 0.2) is 60.7 Å². The molecule has 0 aromatic heterocycles. The highest BCUT2D eigenvalue weighted by atomic mass is 16.2. The van der Waals surface area contributed by atoms with Crippen LogP contribution in [0, 0.1) is 32.6 Å². The van der Waals surface area contributed by atoms with Gasteiger partial charge in [-0.15, -0.1) is 0 Å². The van der Waals surface area contributed by atoms with E-state index in [1.54, 1.807) is 0 Å². The van der Waals surface area contributed by atoms with Gasteiger partial charge in [0.25, 0.3) is 0 Å². The minimum atomic E-state index is -0.513. The fourth-order valence-electron chi connectivity index (χ4n) is 6.90. The van der Waals surface area contributed by atoms with Gasteiger partial charge in [-0.25, -0.2) is 4.90 Å². The van der Waals surface area contributed by atoms with E-state index in [0.29, 0.717) is 0 Å². The summed E-state index contributed by atoms with van der Waals surface area (Å²) in [5.41, 5.74) is 8.14. The number of nitrogens with zero attached hydrogens (tertiary/aromatic N) is 1. The quantitative estimate of drug-likeness (QED) is 0.521. The summed E-state index contributed by atoms with van der Waals surface area (Å²) in [5.74, 6) is -0.920. The van der Waals surface area contributed by atoms with Crippen molar-refractivity contribution < 1.29 is 9.59 Å². The second kappa shape index (κ2) is 5.94. The van der Waals surface area contributed by atoms with Gasteiger partial charge in [0.15, 0.2) is 0 Å². The molecule has 3 aliphatic carbocycles. The number of rotatable bonds is 1. The molecule has 1 saturated heterocycles. The SMILES string of the molecule is Cc1cc(C)c(N2C(=O)[C@@H]3[C@@H](C2=O)C2c4ccccc4C3(C)c3ccccc32)c(C)c1. The van der Waals surface area contributed by atoms with Crippen LogP contribution in [-0.4, -0.2) is 11.8 Å². The lowest BCUT2D eigenvalue weighted by atomic mass is 9.48. The molecular formula is C28H25NO2. The van der Waals surface area contributed by atoms with Gasteiger partial charge in [0.1, 0.15) is 0 Å². The Labute approximate surface area is 182 Å². The molecule has 1 heterocycles. The number of imide groups is 1. The third kappa shape index (κ3) is 2.09. The van der Waals surface area contributed by atoms with Crippen molar-refractivity contribution in [2.75, 3.05) is 4.90 Å². The van der Waals surface area contributed by atoms with Gasteiger partial charge in [-0.1, -0.05) is 73.2 Å². The number of carbonyl (C=O) groups is 2. The molecule has 1 aliphatic heterocycles. The van der Waals surface area contributed by atoms with Crippen LogP contribution in [0.5, 0.6) is 0 Å². The average molecular weight is 408 g/mol. The molecule has 2 bridgehead atoms. The van der Waals surface area contributed by atoms with Gasteiger partial charge in [-0.05, 0) is 54.2 Å². The molecule has 1 fully saturated rings. The molecule has 2 amide bonds. The van der Waals surface area contributed by atoms with Gasteiger partial charge in [0.05, 0.1) is 17.5 Å². The van der Waals surface area contributed by atoms with E-state index >= 15 is 0 Å². The Kier molecular flexibility index (Phi) is 3.56. The predicted octanol–water partition coefficient (Wildman–Crippen LogP) is 5.18. The van der Waals surface area contributed by atoms with Crippen molar-refractivity contribution in [3.63, 3.8) is 0 Å². The fraction of sp³-hybridized carbons (Fsp3) is 0.286. The van der Waals surface area contributed by atoms with Gasteiger partial charge < -0.3 is 0 Å². The van der Waals surface area contributed by atoms with Gasteiger partial charge in [0.2, 0.25) is 11.8 Å². The zero-order valence-corrected chi connectivity index (χ0v) is 18.3. The third-order valence-corrected chi connectivity index (χ3v) is 7.90. The van der Waals surface area contributed by atoms with E-state index in [-0.39, 0.29) is 29.6 Å². The van der Waals surface area contributed by atoms with Crippen molar-refractivity contribution in [3.05, 3.63) is 99.6 Å². The van der Waals surface area contributed by atoms with E-state index in [2.05, 4.69) is 55.5 Å². The maximum absolute atomic E-state index is 14.1. The molecule has 0 spiro atoms. The minimum absolute atomic E-state index is 0.0507. The van der Waals surface area contributed by atoms with Crippen molar-refractivity contribution in [3.8, 4) is 0 Å². The Hall–Kier alpha value is -3.20. The highest BCUT2D eigenvalue weighted by Crippen LogP contribution is 2.64. The second-order valence-electron chi connectivity index (χ2n) is 9.62. The van der Waals surface area contributed by atoms with Crippen molar-refractivity contribution in [1.29, 1.82) is 0 Å². The number of anilines is 1. The van der Waals surface area contributed by atoms with Crippen molar-refractivity contribution in [2.45, 2.75) is 39.0 Å². The summed E-state index contributed by atoms with van der Waals surface area (Å²) in [6.45, 7) is 8.21. The van der Waals surface area contributed by atoms with E-state index in [0.717, 1.165) is 22.4 Å². The first kappa shape index (κ1) is 18.6. The van der Waals surface area contributed by atoms with Crippen LogP contribution in [-0.2, 0) is 15.0 Å². The van der Waals surface area contributed by atoms with Gasteiger partial charge >= 0.3 is 0 Å². The zero-order valence-electron chi connectivity index (χ0n) is 18.3. The highest BCUT2D eigenvalue weighted by Gasteiger charge is 2.66. The molecule has 31 heavy (non-hydrogen) atoms. The summed E-state index contributed by atoms with van der Waals surface area (Å²) in [7, 11) is 0. The number of benzene rings is 3. The van der Waals surface area contributed by atoms with E-state index < -0.39 is 5.41 Å². The normalized spacial score (nSPS) is 27.9. The lowest BCUT2D eigenvalue weighted by Crippen LogP contribution is -2.51. The summed E-state index contributed by atoms with van der Waals surface area (Å²) in [5, 5.41) is 0. The first-order chi connectivity index (χ1) is 14.9. The molecule has 154 valence electrons. The molecule has 4 aliphatic rings. The van der Waals surface area contributed by atoms with E-state index in [1.807, 2.05) is 32.9 Å². The Morgan fingerprint density at radius 3 is 1.84 bits per heavy atom. The van der Waals surface area contributed by atoms with Gasteiger partial charge in [0, 0.05) is 11.3 Å². The van der Waals surface area contributed by atoms with Crippen LogP contribution >= 0.6 is 0 Å². The van der Waals surface area contributed by atoms with E-state index in [4.69, 9.17) is 0 Å². The van der Waals surface area contributed by atoms with Crippen molar-refractivity contribution >= 4 is 17.5 Å². The van der Waals surface area contributed by atoms with Gasteiger partial charge in [-0.3, -0.25) is 9.59 Å². The van der Waals surface area contributed by atoms with Crippen LogP contribution in [0.1, 0.15) is 51.8 Å². The number of amides is 2. The number of hydrogen-bond donors (Lipinski definition) is 0. The molecule has 2 atom stereocenters. The van der Waals surface area contributed by atoms with E-state index in [1.165, 1.54) is 27.2 Å². The molecule has 3 aromatic rings. The van der Waals surface area contributed by atoms with Crippen LogP contribution in [0.4, 0.5) is 5.69 Å².